The molecule has 1 fully saturated rings. The molecule has 1 aromatic carbocycles. The van der Waals surface area contributed by atoms with Crippen LogP contribution in [0, 0.1) is 16.0 Å². The van der Waals surface area contributed by atoms with Crippen molar-refractivity contribution in [1.29, 1.82) is 0 Å². The number of carbonyl (C=O) groups excluding carboxylic acids is 2. The summed E-state index contributed by atoms with van der Waals surface area (Å²) < 4.78 is 4.91. The van der Waals surface area contributed by atoms with Crippen LogP contribution < -0.4 is 5.32 Å². The Morgan fingerprint density at radius 2 is 2.00 bits per heavy atom. The first-order chi connectivity index (χ1) is 13.0. The van der Waals surface area contributed by atoms with E-state index in [1.807, 2.05) is 18.2 Å². The van der Waals surface area contributed by atoms with Crippen molar-refractivity contribution in [3.63, 3.8) is 0 Å². The normalized spacial score (nSPS) is 14.0. The van der Waals surface area contributed by atoms with E-state index < -0.39 is 16.7 Å². The second-order valence-corrected chi connectivity index (χ2v) is 6.17. The van der Waals surface area contributed by atoms with E-state index in [4.69, 9.17) is 4.42 Å². The van der Waals surface area contributed by atoms with Gasteiger partial charge < -0.3 is 14.6 Å². The molecule has 0 radical (unpaired) electrons. The highest BCUT2D eigenvalue weighted by Gasteiger charge is 2.37. The summed E-state index contributed by atoms with van der Waals surface area (Å²) in [4.78, 5) is 40.3. The summed E-state index contributed by atoms with van der Waals surface area (Å²) in [6, 6.07) is 11.5. The molecule has 0 aliphatic carbocycles. The fourth-order valence-corrected chi connectivity index (χ4v) is 2.95. The minimum absolute atomic E-state index is 0.110. The predicted molar refractivity (Wildman–Crippen MR) is 95.1 cm³/mol. The summed E-state index contributed by atoms with van der Waals surface area (Å²) in [5.74, 6) is -1.62. The highest BCUT2D eigenvalue weighted by atomic mass is 16.6. The summed E-state index contributed by atoms with van der Waals surface area (Å²) in [5, 5.41) is 14.3. The fourth-order valence-electron chi connectivity index (χ4n) is 2.95. The standard InChI is InChI=1S/C18H14N4O5/c23-17(20-14-5-1-4-13-12(14)3-2-8-19-13)11-9-21(10-11)18(24)15-6-7-16(27-15)22(25)26/h1-8,11H,9-10H2,(H,20,23). The van der Waals surface area contributed by atoms with Gasteiger partial charge in [-0.15, -0.1) is 0 Å². The van der Waals surface area contributed by atoms with Gasteiger partial charge in [0.1, 0.15) is 4.92 Å². The third kappa shape index (κ3) is 3.10. The quantitative estimate of drug-likeness (QED) is 0.559. The molecule has 0 saturated carbocycles. The number of benzene rings is 1. The molecule has 0 unspecified atom stereocenters. The molecular weight excluding hydrogens is 352 g/mol. The van der Waals surface area contributed by atoms with Crippen LogP contribution in [-0.4, -0.2) is 39.7 Å². The van der Waals surface area contributed by atoms with Gasteiger partial charge in [-0.3, -0.25) is 24.7 Å². The number of nitro groups is 1. The lowest BCUT2D eigenvalue weighted by atomic mass is 9.98. The maximum Gasteiger partial charge on any atom is 0.433 e. The van der Waals surface area contributed by atoms with Gasteiger partial charge in [0.25, 0.3) is 5.91 Å². The van der Waals surface area contributed by atoms with E-state index in [-0.39, 0.29) is 30.7 Å². The minimum atomic E-state index is -0.706. The molecule has 3 heterocycles. The van der Waals surface area contributed by atoms with Crippen molar-refractivity contribution in [2.75, 3.05) is 18.4 Å². The molecule has 9 heteroatoms. The molecule has 1 saturated heterocycles. The number of hydrogen-bond acceptors (Lipinski definition) is 6. The van der Waals surface area contributed by atoms with Crippen molar-refractivity contribution in [3.8, 4) is 0 Å². The van der Waals surface area contributed by atoms with E-state index in [2.05, 4.69) is 10.3 Å². The highest BCUT2D eigenvalue weighted by molar-refractivity contribution is 6.03. The molecule has 1 aliphatic heterocycles. The Labute approximate surface area is 152 Å². The zero-order valence-corrected chi connectivity index (χ0v) is 14.0. The number of rotatable bonds is 4. The van der Waals surface area contributed by atoms with Gasteiger partial charge in [0, 0.05) is 24.7 Å². The van der Waals surface area contributed by atoms with Crippen molar-refractivity contribution in [1.82, 2.24) is 9.88 Å². The lowest BCUT2D eigenvalue weighted by Gasteiger charge is -2.37. The third-order valence-corrected chi connectivity index (χ3v) is 4.43. The average molecular weight is 366 g/mol. The third-order valence-electron chi connectivity index (χ3n) is 4.43. The Kier molecular flexibility index (Phi) is 4.03. The molecule has 0 spiro atoms. The molecule has 2 amide bonds. The summed E-state index contributed by atoms with van der Waals surface area (Å²) in [6.07, 6.45) is 1.68. The van der Waals surface area contributed by atoms with Crippen molar-refractivity contribution >= 4 is 34.3 Å². The Morgan fingerprint density at radius 1 is 1.19 bits per heavy atom. The van der Waals surface area contributed by atoms with Crippen LogP contribution in [0.3, 0.4) is 0 Å². The van der Waals surface area contributed by atoms with Gasteiger partial charge in [0.2, 0.25) is 5.91 Å². The van der Waals surface area contributed by atoms with Gasteiger partial charge >= 0.3 is 5.88 Å². The Hall–Kier alpha value is -3.75. The fraction of sp³-hybridized carbons (Fsp3) is 0.167. The van der Waals surface area contributed by atoms with E-state index in [0.29, 0.717) is 5.69 Å². The van der Waals surface area contributed by atoms with Crippen molar-refractivity contribution in [2.45, 2.75) is 0 Å². The van der Waals surface area contributed by atoms with Gasteiger partial charge in [-0.1, -0.05) is 6.07 Å². The largest absolute Gasteiger partial charge is 0.433 e. The highest BCUT2D eigenvalue weighted by Crippen LogP contribution is 2.25. The first-order valence-electron chi connectivity index (χ1n) is 8.21. The number of hydrogen-bond donors (Lipinski definition) is 1. The molecule has 4 rings (SSSR count). The Bertz CT molecular complexity index is 1050. The van der Waals surface area contributed by atoms with Gasteiger partial charge in [-0.05, 0) is 30.3 Å². The zero-order valence-electron chi connectivity index (χ0n) is 14.0. The molecule has 1 N–H and O–H groups in total. The van der Waals surface area contributed by atoms with Crippen molar-refractivity contribution < 1.29 is 18.9 Å². The number of anilines is 1. The molecule has 0 bridgehead atoms. The molecule has 136 valence electrons. The van der Waals surface area contributed by atoms with Crippen LogP contribution in [-0.2, 0) is 4.79 Å². The number of nitrogens with one attached hydrogen (secondary N) is 1. The monoisotopic (exact) mass is 366 g/mol. The first-order valence-corrected chi connectivity index (χ1v) is 8.21. The second kappa shape index (κ2) is 6.52. The number of fused-ring (bicyclic) bond motifs is 1. The first kappa shape index (κ1) is 16.7. The van der Waals surface area contributed by atoms with Gasteiger partial charge in [0.05, 0.1) is 23.2 Å². The average Bonchev–Trinajstić information content (AvgIpc) is 3.11. The van der Waals surface area contributed by atoms with Gasteiger partial charge in [-0.2, -0.15) is 0 Å². The molecule has 27 heavy (non-hydrogen) atoms. The van der Waals surface area contributed by atoms with Crippen LogP contribution >= 0.6 is 0 Å². The summed E-state index contributed by atoms with van der Waals surface area (Å²) >= 11 is 0. The molecular formula is C18H14N4O5. The summed E-state index contributed by atoms with van der Waals surface area (Å²) in [6.45, 7) is 0.449. The molecule has 1 aliphatic rings. The number of pyridine rings is 1. The Morgan fingerprint density at radius 3 is 2.74 bits per heavy atom. The van der Waals surface area contributed by atoms with Gasteiger partial charge in [-0.25, -0.2) is 0 Å². The lowest BCUT2D eigenvalue weighted by molar-refractivity contribution is -0.402. The van der Waals surface area contributed by atoms with E-state index in [9.17, 15) is 19.7 Å². The number of furan rings is 1. The maximum absolute atomic E-state index is 12.5. The molecule has 3 aromatic rings. The minimum Gasteiger partial charge on any atom is -0.395 e. The van der Waals surface area contributed by atoms with Crippen LogP contribution in [0.15, 0.2) is 53.1 Å². The maximum atomic E-state index is 12.5. The van der Waals surface area contributed by atoms with Crippen LogP contribution in [0.5, 0.6) is 0 Å². The smallest absolute Gasteiger partial charge is 0.395 e. The predicted octanol–water partition coefficient (Wildman–Crippen LogP) is 2.45. The van der Waals surface area contributed by atoms with E-state index >= 15 is 0 Å². The topological polar surface area (TPSA) is 119 Å². The number of carbonyl (C=O) groups is 2. The van der Waals surface area contributed by atoms with E-state index in [1.165, 1.54) is 11.0 Å². The van der Waals surface area contributed by atoms with Crippen LogP contribution in [0.1, 0.15) is 10.6 Å². The number of likely N-dealkylation sites (tertiary alicyclic amines) is 1. The van der Waals surface area contributed by atoms with E-state index in [0.717, 1.165) is 17.0 Å². The number of amides is 2. The van der Waals surface area contributed by atoms with Crippen LogP contribution in [0.4, 0.5) is 11.6 Å². The summed E-state index contributed by atoms with van der Waals surface area (Å²) in [5.41, 5.74) is 1.44. The van der Waals surface area contributed by atoms with E-state index in [1.54, 1.807) is 18.3 Å². The number of nitrogens with zero attached hydrogens (tertiary/aromatic N) is 3. The zero-order chi connectivity index (χ0) is 19.0. The molecule has 0 atom stereocenters. The lowest BCUT2D eigenvalue weighted by Crippen LogP contribution is -2.54. The SMILES string of the molecule is O=C(Nc1cccc2ncccc12)C1CN(C(=O)c2ccc([N+](=O)[O-])o2)C1. The molecule has 9 nitrogen and oxygen atoms in total. The molecule has 2 aromatic heterocycles. The van der Waals surface area contributed by atoms with Crippen molar-refractivity contribution in [3.05, 3.63) is 64.5 Å². The Balaban J connectivity index is 1.39. The van der Waals surface area contributed by atoms with Gasteiger partial charge in [0.15, 0.2) is 5.76 Å². The van der Waals surface area contributed by atoms with Crippen LogP contribution in [0.2, 0.25) is 0 Å². The van der Waals surface area contributed by atoms with Crippen molar-refractivity contribution in [2.24, 2.45) is 5.92 Å². The van der Waals surface area contributed by atoms with Crippen LogP contribution in [0.25, 0.3) is 10.9 Å². The second-order valence-electron chi connectivity index (χ2n) is 6.17. The summed E-state index contributed by atoms with van der Waals surface area (Å²) in [7, 11) is 0. The number of aromatic nitrogens is 1.